The molecule has 0 saturated heterocycles. The van der Waals surface area contributed by atoms with Crippen LogP contribution in [0.4, 0.5) is 0 Å². The summed E-state index contributed by atoms with van der Waals surface area (Å²) in [6.07, 6.45) is 2.96. The Morgan fingerprint density at radius 1 is 1.25 bits per heavy atom. The lowest BCUT2D eigenvalue weighted by Gasteiger charge is -2.35. The van der Waals surface area contributed by atoms with Crippen molar-refractivity contribution in [3.05, 3.63) is 47.5 Å². The Labute approximate surface area is 118 Å². The van der Waals surface area contributed by atoms with Crippen molar-refractivity contribution in [2.45, 2.75) is 31.6 Å². The number of nitrogens with one attached hydrogen (secondary N) is 1. The molecule has 1 N–H and O–H groups in total. The van der Waals surface area contributed by atoms with Crippen LogP contribution in [0.25, 0.3) is 0 Å². The van der Waals surface area contributed by atoms with E-state index in [0.717, 1.165) is 31.9 Å². The fraction of sp³-hybridized carbons (Fsp3) is 0.467. The molecule has 20 heavy (non-hydrogen) atoms. The van der Waals surface area contributed by atoms with E-state index in [-0.39, 0.29) is 0 Å². The molecule has 0 bridgehead atoms. The zero-order chi connectivity index (χ0) is 13.5. The van der Waals surface area contributed by atoms with Gasteiger partial charge in [-0.2, -0.15) is 0 Å². The molecule has 4 rings (SSSR count). The van der Waals surface area contributed by atoms with Crippen LogP contribution in [-0.4, -0.2) is 39.3 Å². The summed E-state index contributed by atoms with van der Waals surface area (Å²) in [5.41, 5.74) is 2.93. The number of hydrogen-bond acceptors (Lipinski definition) is 4. The number of likely N-dealkylation sites (N-methyl/N-ethyl adjacent to an activating group) is 1. The van der Waals surface area contributed by atoms with E-state index < -0.39 is 0 Å². The summed E-state index contributed by atoms with van der Waals surface area (Å²) >= 11 is 0. The minimum Gasteiger partial charge on any atom is -0.315 e. The van der Waals surface area contributed by atoms with Crippen LogP contribution in [0, 0.1) is 0 Å². The third-order valence-electron chi connectivity index (χ3n) is 4.65. The first-order chi connectivity index (χ1) is 9.86. The molecule has 2 aromatic rings. The van der Waals surface area contributed by atoms with Crippen LogP contribution in [0.3, 0.4) is 0 Å². The molecule has 5 nitrogen and oxygen atoms in total. The van der Waals surface area contributed by atoms with Gasteiger partial charge in [-0.15, -0.1) is 10.2 Å². The Morgan fingerprint density at radius 2 is 2.15 bits per heavy atom. The Bertz CT molecular complexity index is 620. The maximum atomic E-state index is 4.23. The lowest BCUT2D eigenvalue weighted by atomic mass is 10.1. The molecule has 0 spiro atoms. The molecule has 2 heterocycles. The lowest BCUT2D eigenvalue weighted by molar-refractivity contribution is 0.131. The van der Waals surface area contributed by atoms with Gasteiger partial charge in [0.2, 0.25) is 0 Å². The van der Waals surface area contributed by atoms with Gasteiger partial charge in [-0.05, 0) is 24.6 Å². The van der Waals surface area contributed by atoms with E-state index in [9.17, 15) is 0 Å². The van der Waals surface area contributed by atoms with Crippen LogP contribution in [-0.2, 0) is 19.5 Å². The number of hydrogen-bond donors (Lipinski definition) is 1. The van der Waals surface area contributed by atoms with Crippen molar-refractivity contribution in [1.29, 1.82) is 0 Å². The Morgan fingerprint density at radius 3 is 3.05 bits per heavy atom. The summed E-state index contributed by atoms with van der Waals surface area (Å²) in [5, 5.41) is 11.7. The van der Waals surface area contributed by atoms with Crippen LogP contribution < -0.4 is 5.32 Å². The van der Waals surface area contributed by atoms with E-state index in [1.807, 2.05) is 6.33 Å². The zero-order valence-electron chi connectivity index (χ0n) is 11.7. The molecule has 1 aromatic heterocycles. The summed E-state index contributed by atoms with van der Waals surface area (Å²) in [6.45, 7) is 2.96. The van der Waals surface area contributed by atoms with E-state index in [0.29, 0.717) is 12.1 Å². The molecule has 5 heteroatoms. The van der Waals surface area contributed by atoms with Crippen LogP contribution in [0.15, 0.2) is 30.6 Å². The highest BCUT2D eigenvalue weighted by atomic mass is 15.3. The number of nitrogens with zero attached hydrogens (tertiary/aromatic N) is 4. The highest BCUT2D eigenvalue weighted by Crippen LogP contribution is 2.35. The van der Waals surface area contributed by atoms with Gasteiger partial charge >= 0.3 is 0 Å². The van der Waals surface area contributed by atoms with Gasteiger partial charge in [0, 0.05) is 25.2 Å². The monoisotopic (exact) mass is 269 g/mol. The van der Waals surface area contributed by atoms with Crippen LogP contribution in [0.2, 0.25) is 0 Å². The molecular formula is C15H19N5. The molecule has 2 unspecified atom stereocenters. The van der Waals surface area contributed by atoms with Crippen molar-refractivity contribution >= 4 is 0 Å². The van der Waals surface area contributed by atoms with E-state index in [1.165, 1.54) is 11.1 Å². The molecule has 104 valence electrons. The van der Waals surface area contributed by atoms with E-state index in [1.54, 1.807) is 0 Å². The largest absolute Gasteiger partial charge is 0.315 e. The van der Waals surface area contributed by atoms with Gasteiger partial charge in [-0.1, -0.05) is 24.3 Å². The summed E-state index contributed by atoms with van der Waals surface area (Å²) in [6, 6.07) is 9.72. The summed E-state index contributed by atoms with van der Waals surface area (Å²) < 4.78 is 2.16. The van der Waals surface area contributed by atoms with E-state index >= 15 is 0 Å². The molecule has 0 amide bonds. The highest BCUT2D eigenvalue weighted by molar-refractivity contribution is 5.37. The predicted molar refractivity (Wildman–Crippen MR) is 76.2 cm³/mol. The average molecular weight is 269 g/mol. The summed E-state index contributed by atoms with van der Waals surface area (Å²) in [5.74, 6) is 1.09. The average Bonchev–Trinajstić information content (AvgIpc) is 3.10. The van der Waals surface area contributed by atoms with E-state index in [4.69, 9.17) is 0 Å². The molecule has 2 atom stereocenters. The minimum absolute atomic E-state index is 0.417. The smallest absolute Gasteiger partial charge is 0.147 e. The van der Waals surface area contributed by atoms with Crippen molar-refractivity contribution in [3.8, 4) is 0 Å². The maximum Gasteiger partial charge on any atom is 0.147 e. The first kappa shape index (κ1) is 12.1. The number of rotatable bonds is 2. The Balaban J connectivity index is 1.61. The van der Waals surface area contributed by atoms with Crippen molar-refractivity contribution in [3.63, 3.8) is 0 Å². The summed E-state index contributed by atoms with van der Waals surface area (Å²) in [4.78, 5) is 2.55. The van der Waals surface area contributed by atoms with Crippen LogP contribution in [0.5, 0.6) is 0 Å². The van der Waals surface area contributed by atoms with Crippen molar-refractivity contribution in [2.24, 2.45) is 0 Å². The standard InChI is InChI=1S/C15H19N5/c1-16-15-12-5-3-2-4-11(12)8-13(15)19-6-7-20-10-17-18-14(20)9-19/h2-5,10,13,15-16H,6-9H2,1H3. The molecule has 0 fully saturated rings. The molecule has 1 aliphatic heterocycles. The first-order valence-corrected chi connectivity index (χ1v) is 7.22. The van der Waals surface area contributed by atoms with Crippen molar-refractivity contribution in [2.75, 3.05) is 13.6 Å². The molecule has 0 saturated carbocycles. The van der Waals surface area contributed by atoms with Gasteiger partial charge in [0.15, 0.2) is 0 Å². The third kappa shape index (κ3) is 1.77. The quantitative estimate of drug-likeness (QED) is 0.883. The molecule has 0 radical (unpaired) electrons. The second-order valence-electron chi connectivity index (χ2n) is 5.65. The minimum atomic E-state index is 0.417. The van der Waals surface area contributed by atoms with Gasteiger partial charge in [-0.3, -0.25) is 4.90 Å². The van der Waals surface area contributed by atoms with Gasteiger partial charge < -0.3 is 9.88 Å². The fourth-order valence-corrected chi connectivity index (χ4v) is 3.63. The second-order valence-corrected chi connectivity index (χ2v) is 5.65. The maximum absolute atomic E-state index is 4.23. The number of aromatic nitrogens is 3. The topological polar surface area (TPSA) is 46.0 Å². The Kier molecular flexibility index (Phi) is 2.82. The van der Waals surface area contributed by atoms with Crippen LogP contribution in [0.1, 0.15) is 23.0 Å². The zero-order valence-corrected chi connectivity index (χ0v) is 11.7. The summed E-state index contributed by atoms with van der Waals surface area (Å²) in [7, 11) is 2.06. The molecule has 1 aliphatic carbocycles. The fourth-order valence-electron chi connectivity index (χ4n) is 3.63. The SMILES string of the molecule is CNC1c2ccccc2CC1N1CCn2cnnc2C1. The van der Waals surface area contributed by atoms with Gasteiger partial charge in [0.1, 0.15) is 12.2 Å². The van der Waals surface area contributed by atoms with Crippen LogP contribution >= 0.6 is 0 Å². The second kappa shape index (κ2) is 4.68. The number of fused-ring (bicyclic) bond motifs is 2. The number of benzene rings is 1. The molecule has 2 aliphatic rings. The van der Waals surface area contributed by atoms with Crippen molar-refractivity contribution in [1.82, 2.24) is 25.0 Å². The Hall–Kier alpha value is -1.72. The van der Waals surface area contributed by atoms with Gasteiger partial charge in [0.05, 0.1) is 6.54 Å². The first-order valence-electron chi connectivity index (χ1n) is 7.22. The lowest BCUT2D eigenvalue weighted by Crippen LogP contribution is -2.45. The van der Waals surface area contributed by atoms with Gasteiger partial charge in [0.25, 0.3) is 0 Å². The third-order valence-corrected chi connectivity index (χ3v) is 4.65. The highest BCUT2D eigenvalue weighted by Gasteiger charge is 2.36. The van der Waals surface area contributed by atoms with E-state index in [2.05, 4.69) is 56.3 Å². The van der Waals surface area contributed by atoms with Gasteiger partial charge in [-0.25, -0.2) is 0 Å². The normalized spacial score (nSPS) is 25.4. The van der Waals surface area contributed by atoms with Crippen molar-refractivity contribution < 1.29 is 0 Å². The molecular weight excluding hydrogens is 250 g/mol. The predicted octanol–water partition coefficient (Wildman–Crippen LogP) is 0.979. The molecule has 1 aromatic carbocycles.